The molecule has 11 heteroatoms. The minimum atomic E-state index is -1.09. The Hall–Kier alpha value is -3.51. The third-order valence-electron chi connectivity index (χ3n) is 5.13. The first-order valence-electron chi connectivity index (χ1n) is 11.2. The maximum Gasteiger partial charge on any atom is 0.303 e. The second kappa shape index (κ2) is 13.2. The van der Waals surface area contributed by atoms with E-state index in [1.54, 1.807) is 48.5 Å². The standard InChI is InChI=1S/C26H24N2O7S2/c1-15(29)33-22-14-32-25(24(35-17(3)31)23(22)34-16(2)30)26(36-20-8-4-18(12-27)5-9-20)37-21-10-6-19(13-28)7-11-21/h4-11,22-26H,14H2,1-3H3/t22-,23-,24-,25+/m1/s1. The van der Waals surface area contributed by atoms with Crippen LogP contribution in [0.25, 0.3) is 0 Å². The average Bonchev–Trinajstić information content (AvgIpc) is 2.86. The normalized spacial score (nSPS) is 20.8. The summed E-state index contributed by atoms with van der Waals surface area (Å²) in [4.78, 5) is 37.4. The van der Waals surface area contributed by atoms with Crippen molar-refractivity contribution in [3.8, 4) is 12.1 Å². The van der Waals surface area contributed by atoms with Crippen molar-refractivity contribution in [3.05, 3.63) is 59.7 Å². The van der Waals surface area contributed by atoms with Crippen molar-refractivity contribution in [1.29, 1.82) is 10.5 Å². The molecule has 192 valence electrons. The van der Waals surface area contributed by atoms with Crippen LogP contribution in [0.2, 0.25) is 0 Å². The summed E-state index contributed by atoms with van der Waals surface area (Å²) in [5, 5.41) is 18.3. The Balaban J connectivity index is 2.00. The fourth-order valence-electron chi connectivity index (χ4n) is 3.64. The first-order valence-corrected chi connectivity index (χ1v) is 12.9. The van der Waals surface area contributed by atoms with Gasteiger partial charge in [0.25, 0.3) is 0 Å². The predicted octanol–water partition coefficient (Wildman–Crippen LogP) is 3.83. The largest absolute Gasteiger partial charge is 0.456 e. The van der Waals surface area contributed by atoms with Gasteiger partial charge in [0.1, 0.15) is 6.10 Å². The molecule has 0 spiro atoms. The highest BCUT2D eigenvalue weighted by molar-refractivity contribution is 8.17. The molecule has 1 saturated heterocycles. The molecule has 1 aliphatic heterocycles. The van der Waals surface area contributed by atoms with Crippen LogP contribution in [0.4, 0.5) is 0 Å². The van der Waals surface area contributed by atoms with Crippen molar-refractivity contribution in [2.45, 2.75) is 59.6 Å². The average molecular weight is 541 g/mol. The number of carbonyl (C=O) groups is 3. The van der Waals surface area contributed by atoms with Crippen LogP contribution < -0.4 is 0 Å². The molecular formula is C26H24N2O7S2. The smallest absolute Gasteiger partial charge is 0.303 e. The van der Waals surface area contributed by atoms with Crippen LogP contribution in [0.5, 0.6) is 0 Å². The SMILES string of the molecule is CC(=O)O[C@@H]1[C@H](OC(C)=O)[C@H](OC(C)=O)CO[C@@H]1C(Sc1ccc(C#N)cc1)Sc1ccc(C#N)cc1. The molecule has 2 aromatic rings. The Bertz CT molecular complexity index is 1150. The van der Waals surface area contributed by atoms with E-state index in [4.69, 9.17) is 29.5 Å². The van der Waals surface area contributed by atoms with Gasteiger partial charge in [-0.15, -0.1) is 23.5 Å². The lowest BCUT2D eigenvalue weighted by molar-refractivity contribution is -0.223. The molecule has 4 atom stereocenters. The molecule has 0 unspecified atom stereocenters. The zero-order chi connectivity index (χ0) is 26.9. The third-order valence-corrected chi connectivity index (χ3v) is 7.80. The molecular weight excluding hydrogens is 516 g/mol. The Morgan fingerprint density at radius 1 is 0.784 bits per heavy atom. The fraction of sp³-hybridized carbons (Fsp3) is 0.346. The number of esters is 3. The number of nitriles is 2. The highest BCUT2D eigenvalue weighted by Gasteiger charge is 2.50. The van der Waals surface area contributed by atoms with E-state index in [1.165, 1.54) is 44.3 Å². The number of hydrogen-bond acceptors (Lipinski definition) is 11. The van der Waals surface area contributed by atoms with Gasteiger partial charge in [-0.05, 0) is 48.5 Å². The maximum absolute atomic E-state index is 12.1. The Labute approximate surface area is 223 Å². The Morgan fingerprint density at radius 2 is 1.22 bits per heavy atom. The summed E-state index contributed by atoms with van der Waals surface area (Å²) >= 11 is 2.82. The van der Waals surface area contributed by atoms with Crippen LogP contribution >= 0.6 is 23.5 Å². The van der Waals surface area contributed by atoms with E-state index in [9.17, 15) is 14.4 Å². The monoisotopic (exact) mass is 540 g/mol. The highest BCUT2D eigenvalue weighted by atomic mass is 32.2. The van der Waals surface area contributed by atoms with Gasteiger partial charge in [0.05, 0.1) is 34.5 Å². The predicted molar refractivity (Wildman–Crippen MR) is 134 cm³/mol. The van der Waals surface area contributed by atoms with Gasteiger partial charge in [-0.2, -0.15) is 10.5 Å². The maximum atomic E-state index is 12.1. The van der Waals surface area contributed by atoms with Crippen LogP contribution in [0.3, 0.4) is 0 Å². The molecule has 9 nitrogen and oxygen atoms in total. The summed E-state index contributed by atoms with van der Waals surface area (Å²) in [6.07, 6.45) is -3.93. The molecule has 37 heavy (non-hydrogen) atoms. The number of thioether (sulfide) groups is 2. The second-order valence-corrected chi connectivity index (χ2v) is 10.7. The first kappa shape index (κ1) is 28.1. The van der Waals surface area contributed by atoms with Gasteiger partial charge >= 0.3 is 17.9 Å². The van der Waals surface area contributed by atoms with Gasteiger partial charge in [-0.25, -0.2) is 0 Å². The van der Waals surface area contributed by atoms with E-state index < -0.39 is 46.9 Å². The summed E-state index contributed by atoms with van der Waals surface area (Å²) in [7, 11) is 0. The number of ether oxygens (including phenoxy) is 4. The van der Waals surface area contributed by atoms with Gasteiger partial charge in [0, 0.05) is 30.6 Å². The molecule has 3 rings (SSSR count). The van der Waals surface area contributed by atoms with Gasteiger partial charge in [-0.3, -0.25) is 14.4 Å². The van der Waals surface area contributed by atoms with Crippen LogP contribution in [0.15, 0.2) is 58.3 Å². The highest BCUT2D eigenvalue weighted by Crippen LogP contribution is 2.42. The lowest BCUT2D eigenvalue weighted by atomic mass is 10.00. The second-order valence-electron chi connectivity index (χ2n) is 7.97. The van der Waals surface area contributed by atoms with Gasteiger partial charge < -0.3 is 18.9 Å². The van der Waals surface area contributed by atoms with Crippen LogP contribution in [-0.4, -0.2) is 53.5 Å². The molecule has 0 aliphatic carbocycles. The van der Waals surface area contributed by atoms with E-state index >= 15 is 0 Å². The first-order chi connectivity index (χ1) is 17.7. The minimum Gasteiger partial charge on any atom is -0.456 e. The van der Waals surface area contributed by atoms with Crippen molar-refractivity contribution in [3.63, 3.8) is 0 Å². The molecule has 0 aromatic heterocycles. The fourth-order valence-corrected chi connectivity index (χ4v) is 6.36. The van der Waals surface area contributed by atoms with Crippen LogP contribution in [0, 0.1) is 22.7 Å². The zero-order valence-corrected chi connectivity index (χ0v) is 21.9. The topological polar surface area (TPSA) is 136 Å². The number of rotatable bonds is 8. The van der Waals surface area contributed by atoms with Crippen molar-refractivity contribution in [2.24, 2.45) is 0 Å². The van der Waals surface area contributed by atoms with Crippen LogP contribution in [0.1, 0.15) is 31.9 Å². The quantitative estimate of drug-likeness (QED) is 0.209. The summed E-state index contributed by atoms with van der Waals surface area (Å²) in [6.45, 7) is 3.59. The van der Waals surface area contributed by atoms with E-state index in [0.29, 0.717) is 11.1 Å². The summed E-state index contributed by atoms with van der Waals surface area (Å²) in [5.74, 6) is -1.85. The Kier molecular flexibility index (Phi) is 9.98. The van der Waals surface area contributed by atoms with Gasteiger partial charge in [0.15, 0.2) is 18.3 Å². The van der Waals surface area contributed by atoms with E-state index in [2.05, 4.69) is 12.1 Å². The molecule has 2 aromatic carbocycles. The lowest BCUT2D eigenvalue weighted by Gasteiger charge is -2.42. The third kappa shape index (κ3) is 7.99. The van der Waals surface area contributed by atoms with Gasteiger partial charge in [0.2, 0.25) is 0 Å². The number of carbonyl (C=O) groups excluding carboxylic acids is 3. The summed E-state index contributed by atoms with van der Waals surface area (Å²) in [5.41, 5.74) is 1.01. The van der Waals surface area contributed by atoms with Crippen molar-refractivity contribution < 1.29 is 33.3 Å². The van der Waals surface area contributed by atoms with Gasteiger partial charge in [-0.1, -0.05) is 0 Å². The zero-order valence-electron chi connectivity index (χ0n) is 20.3. The number of hydrogen-bond donors (Lipinski definition) is 0. The van der Waals surface area contributed by atoms with Crippen molar-refractivity contribution in [2.75, 3.05) is 6.61 Å². The molecule has 0 N–H and O–H groups in total. The summed E-state index contributed by atoms with van der Waals surface area (Å²) in [6, 6.07) is 18.1. The number of benzene rings is 2. The minimum absolute atomic E-state index is 0.0850. The lowest BCUT2D eigenvalue weighted by Crippen LogP contribution is -2.59. The van der Waals surface area contributed by atoms with Crippen molar-refractivity contribution in [1.82, 2.24) is 0 Å². The number of nitrogens with zero attached hydrogens (tertiary/aromatic N) is 2. The Morgan fingerprint density at radius 3 is 1.62 bits per heavy atom. The van der Waals surface area contributed by atoms with Crippen molar-refractivity contribution >= 4 is 41.4 Å². The molecule has 1 heterocycles. The molecule has 1 fully saturated rings. The molecule has 0 bridgehead atoms. The van der Waals surface area contributed by atoms with E-state index in [-0.39, 0.29) is 6.61 Å². The molecule has 1 aliphatic rings. The van der Waals surface area contributed by atoms with E-state index in [1.807, 2.05) is 0 Å². The van der Waals surface area contributed by atoms with E-state index in [0.717, 1.165) is 9.79 Å². The summed E-state index contributed by atoms with van der Waals surface area (Å²) < 4.78 is 22.1. The molecule has 0 radical (unpaired) electrons. The van der Waals surface area contributed by atoms with Crippen LogP contribution in [-0.2, 0) is 33.3 Å². The molecule has 0 amide bonds. The molecule has 0 saturated carbocycles.